The molecule has 12 heteroatoms. The highest BCUT2D eigenvalue weighted by Gasteiger charge is 2.31. The zero-order valence-electron chi connectivity index (χ0n) is 23.1. The van der Waals surface area contributed by atoms with E-state index in [2.05, 4.69) is 14.9 Å². The lowest BCUT2D eigenvalue weighted by Gasteiger charge is -2.26. The average molecular weight is 606 g/mol. The molecule has 3 aromatic rings. The van der Waals surface area contributed by atoms with Crippen molar-refractivity contribution in [3.63, 3.8) is 0 Å². The number of nitrogens with zero attached hydrogens (tertiary/aromatic N) is 4. The summed E-state index contributed by atoms with van der Waals surface area (Å²) in [6.07, 6.45) is 4.04. The molecule has 2 fully saturated rings. The van der Waals surface area contributed by atoms with E-state index in [-0.39, 0.29) is 11.5 Å². The van der Waals surface area contributed by atoms with Crippen molar-refractivity contribution >= 4 is 52.1 Å². The molecule has 2 aliphatic heterocycles. The Kier molecular flexibility index (Phi) is 9.48. The molecule has 1 amide bonds. The molecular weight excluding hydrogens is 574 g/mol. The number of morpholine rings is 1. The highest BCUT2D eigenvalue weighted by atomic mass is 32.2. The Morgan fingerprint density at radius 3 is 2.67 bits per heavy atom. The Hall–Kier alpha value is -3.84. The second-order valence-corrected chi connectivity index (χ2v) is 11.6. The van der Waals surface area contributed by atoms with Crippen molar-refractivity contribution in [2.75, 3.05) is 51.7 Å². The number of carboxylic acids is 1. The highest BCUT2D eigenvalue weighted by Crippen LogP contribution is 2.35. The van der Waals surface area contributed by atoms with Crippen LogP contribution in [0.3, 0.4) is 0 Å². The van der Waals surface area contributed by atoms with E-state index in [4.69, 9.17) is 32.5 Å². The van der Waals surface area contributed by atoms with Crippen LogP contribution in [0, 0.1) is 6.92 Å². The summed E-state index contributed by atoms with van der Waals surface area (Å²) in [6, 6.07) is 12.3. The molecule has 0 bridgehead atoms. The Bertz CT molecular complexity index is 1520. The summed E-state index contributed by atoms with van der Waals surface area (Å²) in [5.41, 5.74) is 9.48. The van der Waals surface area contributed by atoms with Crippen LogP contribution >= 0.6 is 24.0 Å². The average Bonchev–Trinajstić information content (AvgIpc) is 3.26. The monoisotopic (exact) mass is 605 g/mol. The van der Waals surface area contributed by atoms with E-state index >= 15 is 0 Å². The van der Waals surface area contributed by atoms with Crippen LogP contribution in [0.1, 0.15) is 27.0 Å². The van der Waals surface area contributed by atoms with E-state index in [1.54, 1.807) is 41.4 Å². The molecule has 1 aromatic heterocycles. The fourth-order valence-electron chi connectivity index (χ4n) is 4.53. The van der Waals surface area contributed by atoms with E-state index in [1.807, 2.05) is 25.1 Å². The number of anilines is 1. The molecular formula is C30H31N5O5S2. The smallest absolute Gasteiger partial charge is 0.335 e. The topological polar surface area (TPSA) is 131 Å². The maximum atomic E-state index is 13.3. The first-order valence-electron chi connectivity index (χ1n) is 13.5. The summed E-state index contributed by atoms with van der Waals surface area (Å²) in [5, 5.41) is 9.10. The van der Waals surface area contributed by atoms with Gasteiger partial charge in [-0.3, -0.25) is 14.6 Å². The molecule has 2 aliphatic rings. The number of carbonyl (C=O) groups is 2. The van der Waals surface area contributed by atoms with Crippen molar-refractivity contribution in [1.29, 1.82) is 0 Å². The number of ether oxygens (including phenoxy) is 2. The number of amides is 1. The van der Waals surface area contributed by atoms with Gasteiger partial charge in [-0.25, -0.2) is 14.8 Å². The Morgan fingerprint density at radius 1 is 1.19 bits per heavy atom. The molecule has 0 radical (unpaired) electrons. The number of aromatic carboxylic acids is 1. The van der Waals surface area contributed by atoms with Crippen molar-refractivity contribution in [3.05, 3.63) is 75.8 Å². The van der Waals surface area contributed by atoms with Gasteiger partial charge in [0.1, 0.15) is 22.5 Å². The number of thioether (sulfide) groups is 1. The van der Waals surface area contributed by atoms with Crippen molar-refractivity contribution in [3.8, 4) is 17.1 Å². The van der Waals surface area contributed by atoms with Crippen LogP contribution in [-0.2, 0) is 16.0 Å². The van der Waals surface area contributed by atoms with E-state index in [9.17, 15) is 9.59 Å². The third-order valence-corrected chi connectivity index (χ3v) is 8.40. The minimum absolute atomic E-state index is 0.171. The van der Waals surface area contributed by atoms with Crippen LogP contribution in [0.5, 0.6) is 5.75 Å². The molecule has 0 unspecified atom stereocenters. The number of hydrogen-bond acceptors (Lipinski definition) is 10. The van der Waals surface area contributed by atoms with Gasteiger partial charge in [0, 0.05) is 37.9 Å². The van der Waals surface area contributed by atoms with Gasteiger partial charge in [0.2, 0.25) is 0 Å². The quantitative estimate of drug-likeness (QED) is 0.258. The van der Waals surface area contributed by atoms with Gasteiger partial charge in [0.25, 0.3) is 5.91 Å². The maximum Gasteiger partial charge on any atom is 0.335 e. The van der Waals surface area contributed by atoms with Crippen LogP contribution < -0.4 is 10.5 Å². The SMILES string of the molecule is Cc1cnc(-c2cc(/C=C3\SC(=S)N(CCc4ccc(C(=O)O)cc4)C3=O)ccc2OCCN2CCOCC2)nc1N. The van der Waals surface area contributed by atoms with Crippen LogP contribution in [0.25, 0.3) is 17.5 Å². The fraction of sp³-hybridized carbons (Fsp3) is 0.300. The van der Waals surface area contributed by atoms with Crippen LogP contribution in [0.4, 0.5) is 5.82 Å². The van der Waals surface area contributed by atoms with Gasteiger partial charge in [0.15, 0.2) is 5.82 Å². The summed E-state index contributed by atoms with van der Waals surface area (Å²) in [7, 11) is 0. The van der Waals surface area contributed by atoms with E-state index in [0.717, 1.165) is 49.5 Å². The molecule has 10 nitrogen and oxygen atoms in total. The lowest BCUT2D eigenvalue weighted by Crippen LogP contribution is -2.38. The summed E-state index contributed by atoms with van der Waals surface area (Å²) < 4.78 is 12.1. The molecule has 0 atom stereocenters. The Labute approximate surface area is 253 Å². The number of rotatable bonds is 10. The van der Waals surface area contributed by atoms with Crippen LogP contribution in [0.2, 0.25) is 0 Å². The normalized spacial score (nSPS) is 16.8. The van der Waals surface area contributed by atoms with Gasteiger partial charge in [-0.15, -0.1) is 0 Å². The number of nitrogens with two attached hydrogens (primary N) is 1. The largest absolute Gasteiger partial charge is 0.491 e. The molecule has 3 heterocycles. The second kappa shape index (κ2) is 13.4. The second-order valence-electron chi connectivity index (χ2n) is 9.91. The molecule has 2 aromatic carbocycles. The van der Waals surface area contributed by atoms with Crippen LogP contribution in [-0.4, -0.2) is 87.1 Å². The first kappa shape index (κ1) is 29.6. The number of aromatic nitrogens is 2. The first-order valence-corrected chi connectivity index (χ1v) is 14.7. The third-order valence-electron chi connectivity index (χ3n) is 7.02. The molecule has 218 valence electrons. The van der Waals surface area contributed by atoms with Gasteiger partial charge in [-0.05, 0) is 54.8 Å². The number of thiocarbonyl (C=S) groups is 1. The standard InChI is InChI=1S/C30H31N5O5S2/c1-19-18-32-27(33-26(19)31)23-16-21(4-7-24(23)40-15-12-34-10-13-39-14-11-34)17-25-28(36)35(30(41)42-25)9-8-20-2-5-22(6-3-20)29(37)38/h2-7,16-18H,8-15H2,1H3,(H,37,38)(H2,31,32,33)/b25-17-. The molecule has 5 rings (SSSR count). The minimum Gasteiger partial charge on any atom is -0.491 e. The molecule has 42 heavy (non-hydrogen) atoms. The molecule has 0 saturated carbocycles. The van der Waals surface area contributed by atoms with E-state index < -0.39 is 5.97 Å². The third kappa shape index (κ3) is 7.13. The van der Waals surface area contributed by atoms with Gasteiger partial charge in [0.05, 0.1) is 29.2 Å². The lowest BCUT2D eigenvalue weighted by molar-refractivity contribution is -0.122. The summed E-state index contributed by atoms with van der Waals surface area (Å²) in [5.74, 6) is 0.316. The number of carbonyl (C=O) groups excluding carboxylic acids is 1. The summed E-state index contributed by atoms with van der Waals surface area (Å²) in [6.45, 7) is 6.71. The van der Waals surface area contributed by atoms with Crippen molar-refractivity contribution in [1.82, 2.24) is 19.8 Å². The van der Waals surface area contributed by atoms with Crippen molar-refractivity contribution in [2.45, 2.75) is 13.3 Å². The van der Waals surface area contributed by atoms with Gasteiger partial charge < -0.3 is 20.3 Å². The number of aryl methyl sites for hydroxylation is 1. The number of hydrogen-bond donors (Lipinski definition) is 2. The van der Waals surface area contributed by atoms with Gasteiger partial charge in [-0.1, -0.05) is 42.2 Å². The predicted molar refractivity (Wildman–Crippen MR) is 166 cm³/mol. The maximum absolute atomic E-state index is 13.3. The number of nitrogen functional groups attached to an aromatic ring is 1. The summed E-state index contributed by atoms with van der Waals surface area (Å²) in [4.78, 5) is 37.7. The molecule has 3 N–H and O–H groups in total. The first-order chi connectivity index (χ1) is 20.3. The molecule has 0 aliphatic carbocycles. The molecule has 2 saturated heterocycles. The lowest BCUT2D eigenvalue weighted by atomic mass is 10.1. The zero-order valence-corrected chi connectivity index (χ0v) is 24.7. The minimum atomic E-state index is -0.975. The van der Waals surface area contributed by atoms with E-state index in [1.165, 1.54) is 11.8 Å². The zero-order chi connectivity index (χ0) is 29.6. The van der Waals surface area contributed by atoms with E-state index in [0.29, 0.717) is 51.8 Å². The summed E-state index contributed by atoms with van der Waals surface area (Å²) >= 11 is 6.77. The predicted octanol–water partition coefficient (Wildman–Crippen LogP) is 3.89. The van der Waals surface area contributed by atoms with Crippen molar-refractivity contribution < 1.29 is 24.2 Å². The number of benzene rings is 2. The Balaban J connectivity index is 1.32. The number of carboxylic acid groups (broad SMARTS) is 1. The highest BCUT2D eigenvalue weighted by molar-refractivity contribution is 8.26. The van der Waals surface area contributed by atoms with Crippen molar-refractivity contribution in [2.24, 2.45) is 0 Å². The van der Waals surface area contributed by atoms with Gasteiger partial charge in [-0.2, -0.15) is 0 Å². The molecule has 0 spiro atoms. The Morgan fingerprint density at radius 2 is 1.95 bits per heavy atom. The van der Waals surface area contributed by atoms with Gasteiger partial charge >= 0.3 is 5.97 Å². The van der Waals surface area contributed by atoms with Crippen LogP contribution in [0.15, 0.2) is 53.6 Å². The fourth-order valence-corrected chi connectivity index (χ4v) is 5.84.